The van der Waals surface area contributed by atoms with Crippen LogP contribution in [0.4, 0.5) is 5.69 Å². The molecule has 1 fully saturated rings. The number of likely N-dealkylation sites (tertiary alicyclic amines) is 1. The minimum atomic E-state index is -0.403. The molecule has 1 aromatic carbocycles. The van der Waals surface area contributed by atoms with Gasteiger partial charge in [0.05, 0.1) is 5.52 Å². The molecule has 0 bridgehead atoms. The lowest BCUT2D eigenvalue weighted by atomic mass is 9.98. The van der Waals surface area contributed by atoms with E-state index < -0.39 is 5.76 Å². The van der Waals surface area contributed by atoms with Gasteiger partial charge in [-0.1, -0.05) is 0 Å². The van der Waals surface area contributed by atoms with Gasteiger partial charge in [-0.05, 0) is 45.0 Å². The average molecular weight is 261 g/mol. The Morgan fingerprint density at radius 2 is 2.32 bits per heavy atom. The molecule has 19 heavy (non-hydrogen) atoms. The molecule has 0 aliphatic carbocycles. The predicted octanol–water partition coefficient (Wildman–Crippen LogP) is 2.02. The molecule has 1 aromatic heterocycles. The van der Waals surface area contributed by atoms with Gasteiger partial charge in [0.25, 0.3) is 0 Å². The minimum absolute atomic E-state index is 0.403. The van der Waals surface area contributed by atoms with Crippen molar-refractivity contribution >= 4 is 16.8 Å². The fourth-order valence-electron chi connectivity index (χ4n) is 2.70. The number of hydrogen-bond acceptors (Lipinski definition) is 4. The Labute approximate surface area is 111 Å². The molecule has 1 aliphatic rings. The van der Waals surface area contributed by atoms with Crippen LogP contribution in [0.15, 0.2) is 27.4 Å². The summed E-state index contributed by atoms with van der Waals surface area (Å²) in [6.45, 7) is 3.37. The molecule has 1 aliphatic heterocycles. The fourth-order valence-corrected chi connectivity index (χ4v) is 2.70. The van der Waals surface area contributed by atoms with Crippen LogP contribution in [0.5, 0.6) is 0 Å². The Hall–Kier alpha value is -1.75. The van der Waals surface area contributed by atoms with Crippen molar-refractivity contribution in [2.75, 3.05) is 18.9 Å². The van der Waals surface area contributed by atoms with Crippen molar-refractivity contribution in [3.05, 3.63) is 28.7 Å². The van der Waals surface area contributed by atoms with E-state index >= 15 is 0 Å². The number of aromatic nitrogens is 1. The lowest BCUT2D eigenvalue weighted by Gasteiger charge is -2.35. The molecule has 0 spiro atoms. The lowest BCUT2D eigenvalue weighted by molar-refractivity contribution is 0.190. The molecule has 3 rings (SSSR count). The van der Waals surface area contributed by atoms with Crippen molar-refractivity contribution < 1.29 is 4.42 Å². The number of rotatable bonds is 2. The maximum atomic E-state index is 11.1. The van der Waals surface area contributed by atoms with E-state index in [-0.39, 0.29) is 0 Å². The monoisotopic (exact) mass is 261 g/mol. The second-order valence-corrected chi connectivity index (χ2v) is 5.42. The highest BCUT2D eigenvalue weighted by molar-refractivity contribution is 5.76. The molecule has 0 amide bonds. The Morgan fingerprint density at radius 3 is 3.11 bits per heavy atom. The molecule has 0 saturated carbocycles. The van der Waals surface area contributed by atoms with Crippen LogP contribution in [0, 0.1) is 0 Å². The number of piperidine rings is 1. The molecule has 1 saturated heterocycles. The molecule has 5 heteroatoms. The molecule has 2 atom stereocenters. The van der Waals surface area contributed by atoms with Crippen molar-refractivity contribution in [3.8, 4) is 0 Å². The van der Waals surface area contributed by atoms with Crippen LogP contribution in [-0.2, 0) is 0 Å². The fraction of sp³-hybridized carbons (Fsp3) is 0.500. The zero-order valence-corrected chi connectivity index (χ0v) is 11.3. The zero-order chi connectivity index (χ0) is 13.4. The quantitative estimate of drug-likeness (QED) is 0.868. The molecular formula is C14H19N3O2. The highest BCUT2D eigenvalue weighted by atomic mass is 16.4. The van der Waals surface area contributed by atoms with E-state index in [4.69, 9.17) is 4.42 Å². The average Bonchev–Trinajstić information content (AvgIpc) is 2.73. The summed E-state index contributed by atoms with van der Waals surface area (Å²) < 4.78 is 5.00. The SMILES string of the molecule is CC1CC(Nc2ccc3oc(=O)[nH]c3c2)CCN1C. The molecule has 0 radical (unpaired) electrons. The second kappa shape index (κ2) is 4.74. The van der Waals surface area contributed by atoms with Crippen molar-refractivity contribution in [1.29, 1.82) is 0 Å². The summed E-state index contributed by atoms with van der Waals surface area (Å²) in [7, 11) is 2.17. The molecule has 2 unspecified atom stereocenters. The number of anilines is 1. The molecule has 102 valence electrons. The van der Waals surface area contributed by atoms with Gasteiger partial charge in [0.1, 0.15) is 0 Å². The molecule has 5 nitrogen and oxygen atoms in total. The minimum Gasteiger partial charge on any atom is -0.408 e. The number of fused-ring (bicyclic) bond motifs is 1. The van der Waals surface area contributed by atoms with Gasteiger partial charge in [-0.3, -0.25) is 4.98 Å². The van der Waals surface area contributed by atoms with Gasteiger partial charge in [-0.2, -0.15) is 0 Å². The summed E-state index contributed by atoms with van der Waals surface area (Å²) in [5.41, 5.74) is 2.38. The Kier molecular flexibility index (Phi) is 3.06. The number of benzene rings is 1. The third-order valence-electron chi connectivity index (χ3n) is 4.00. The first-order chi connectivity index (χ1) is 9.11. The van der Waals surface area contributed by atoms with Crippen LogP contribution in [0.3, 0.4) is 0 Å². The third kappa shape index (κ3) is 2.51. The first-order valence-electron chi connectivity index (χ1n) is 6.71. The van der Waals surface area contributed by atoms with Gasteiger partial charge in [0, 0.05) is 24.3 Å². The van der Waals surface area contributed by atoms with Crippen molar-refractivity contribution in [2.45, 2.75) is 31.8 Å². The Bertz CT molecular complexity index is 631. The number of hydrogen-bond donors (Lipinski definition) is 2. The van der Waals surface area contributed by atoms with Gasteiger partial charge in [0.2, 0.25) is 0 Å². The number of nitrogens with zero attached hydrogens (tertiary/aromatic N) is 1. The van der Waals surface area contributed by atoms with Gasteiger partial charge >= 0.3 is 5.76 Å². The first-order valence-corrected chi connectivity index (χ1v) is 6.71. The summed E-state index contributed by atoms with van der Waals surface area (Å²) in [5.74, 6) is -0.403. The molecular weight excluding hydrogens is 242 g/mol. The molecule has 2 aromatic rings. The van der Waals surface area contributed by atoms with Gasteiger partial charge < -0.3 is 14.6 Å². The normalized spacial score (nSPS) is 24.7. The van der Waals surface area contributed by atoms with E-state index in [9.17, 15) is 4.79 Å². The van der Waals surface area contributed by atoms with E-state index in [1.165, 1.54) is 0 Å². The topological polar surface area (TPSA) is 61.3 Å². The van der Waals surface area contributed by atoms with E-state index in [0.717, 1.165) is 30.6 Å². The summed E-state index contributed by atoms with van der Waals surface area (Å²) in [6.07, 6.45) is 2.28. The van der Waals surface area contributed by atoms with Crippen LogP contribution >= 0.6 is 0 Å². The van der Waals surface area contributed by atoms with Gasteiger partial charge in [-0.15, -0.1) is 0 Å². The maximum Gasteiger partial charge on any atom is 0.417 e. The number of H-pyrrole nitrogens is 1. The van der Waals surface area contributed by atoms with E-state index in [1.807, 2.05) is 18.2 Å². The van der Waals surface area contributed by atoms with Crippen molar-refractivity contribution in [2.24, 2.45) is 0 Å². The maximum absolute atomic E-state index is 11.1. The zero-order valence-electron chi connectivity index (χ0n) is 11.3. The smallest absolute Gasteiger partial charge is 0.408 e. The standard InChI is InChI=1S/C14H19N3O2/c1-9-7-11(5-6-17(9)2)15-10-3-4-13-12(8-10)16-14(18)19-13/h3-4,8-9,11,15H,5-7H2,1-2H3,(H,16,18). The summed E-state index contributed by atoms with van der Waals surface area (Å²) in [5, 5.41) is 3.54. The Morgan fingerprint density at radius 1 is 1.47 bits per heavy atom. The van der Waals surface area contributed by atoms with E-state index in [1.54, 1.807) is 0 Å². The Balaban J connectivity index is 1.76. The number of aromatic amines is 1. The molecule has 2 heterocycles. The van der Waals surface area contributed by atoms with Crippen molar-refractivity contribution in [1.82, 2.24) is 9.88 Å². The van der Waals surface area contributed by atoms with Gasteiger partial charge in [0.15, 0.2) is 5.58 Å². The highest BCUT2D eigenvalue weighted by Gasteiger charge is 2.22. The summed E-state index contributed by atoms with van der Waals surface area (Å²) >= 11 is 0. The summed E-state index contributed by atoms with van der Waals surface area (Å²) in [4.78, 5) is 16.2. The van der Waals surface area contributed by atoms with Crippen LogP contribution in [0.2, 0.25) is 0 Å². The third-order valence-corrected chi connectivity index (χ3v) is 4.00. The van der Waals surface area contributed by atoms with Gasteiger partial charge in [-0.25, -0.2) is 4.79 Å². The van der Waals surface area contributed by atoms with Crippen LogP contribution < -0.4 is 11.1 Å². The number of oxazole rings is 1. The first kappa shape index (κ1) is 12.3. The lowest BCUT2D eigenvalue weighted by Crippen LogP contribution is -2.42. The van der Waals surface area contributed by atoms with Crippen LogP contribution in [0.1, 0.15) is 19.8 Å². The molecule has 2 N–H and O–H groups in total. The van der Waals surface area contributed by atoms with E-state index in [2.05, 4.69) is 29.2 Å². The van der Waals surface area contributed by atoms with Crippen molar-refractivity contribution in [3.63, 3.8) is 0 Å². The largest absolute Gasteiger partial charge is 0.417 e. The number of nitrogens with one attached hydrogen (secondary N) is 2. The predicted molar refractivity (Wildman–Crippen MR) is 75.6 cm³/mol. The van der Waals surface area contributed by atoms with Crippen LogP contribution in [-0.4, -0.2) is 35.6 Å². The van der Waals surface area contributed by atoms with Crippen LogP contribution in [0.25, 0.3) is 11.1 Å². The summed E-state index contributed by atoms with van der Waals surface area (Å²) in [6, 6.07) is 6.81. The second-order valence-electron chi connectivity index (χ2n) is 5.42. The highest BCUT2D eigenvalue weighted by Crippen LogP contribution is 2.22. The van der Waals surface area contributed by atoms with E-state index in [0.29, 0.717) is 17.7 Å².